The van der Waals surface area contributed by atoms with E-state index in [4.69, 9.17) is 4.74 Å². The standard InChI is InChI=1S/C17H22N2O6S/c1-13(20)18-7-9-19(10-8-18)16(21)11-25-17(22)15-5-3-14(4-6-15)12-26(2,23)24/h3-6H,7-12H2,1-2H3. The number of carbonyl (C=O) groups excluding carboxylic acids is 3. The van der Waals surface area contributed by atoms with Crippen LogP contribution in [0.15, 0.2) is 24.3 Å². The van der Waals surface area contributed by atoms with Crippen molar-refractivity contribution in [2.24, 2.45) is 0 Å². The minimum Gasteiger partial charge on any atom is -0.452 e. The summed E-state index contributed by atoms with van der Waals surface area (Å²) >= 11 is 0. The fraction of sp³-hybridized carbons (Fsp3) is 0.471. The number of hydrogen-bond acceptors (Lipinski definition) is 6. The summed E-state index contributed by atoms with van der Waals surface area (Å²) in [7, 11) is -3.14. The van der Waals surface area contributed by atoms with Crippen molar-refractivity contribution < 1.29 is 27.5 Å². The minimum atomic E-state index is -3.14. The molecule has 0 atom stereocenters. The molecule has 26 heavy (non-hydrogen) atoms. The molecule has 8 nitrogen and oxygen atoms in total. The number of nitrogens with zero attached hydrogens (tertiary/aromatic N) is 2. The summed E-state index contributed by atoms with van der Waals surface area (Å²) in [5, 5.41) is 0. The zero-order chi connectivity index (χ0) is 19.3. The third kappa shape index (κ3) is 5.83. The predicted octanol–water partition coefficient (Wildman–Crippen LogP) is 0.0787. The zero-order valence-electron chi connectivity index (χ0n) is 14.8. The van der Waals surface area contributed by atoms with E-state index < -0.39 is 15.8 Å². The summed E-state index contributed by atoms with van der Waals surface area (Å²) in [6.45, 7) is 2.88. The van der Waals surface area contributed by atoms with Crippen molar-refractivity contribution in [2.45, 2.75) is 12.7 Å². The number of piperazine rings is 1. The van der Waals surface area contributed by atoms with E-state index in [2.05, 4.69) is 0 Å². The smallest absolute Gasteiger partial charge is 0.338 e. The number of carbonyl (C=O) groups is 3. The van der Waals surface area contributed by atoms with E-state index in [-0.39, 0.29) is 29.7 Å². The average molecular weight is 382 g/mol. The Balaban J connectivity index is 1.83. The highest BCUT2D eigenvalue weighted by atomic mass is 32.2. The van der Waals surface area contributed by atoms with Gasteiger partial charge in [-0.3, -0.25) is 9.59 Å². The van der Waals surface area contributed by atoms with Crippen molar-refractivity contribution >= 4 is 27.6 Å². The van der Waals surface area contributed by atoms with Gasteiger partial charge in [0.15, 0.2) is 16.4 Å². The summed E-state index contributed by atoms with van der Waals surface area (Å²) < 4.78 is 27.5. The van der Waals surface area contributed by atoms with Crippen molar-refractivity contribution in [3.8, 4) is 0 Å². The van der Waals surface area contributed by atoms with Crippen LogP contribution in [0, 0.1) is 0 Å². The van der Waals surface area contributed by atoms with Crippen LogP contribution in [0.1, 0.15) is 22.8 Å². The molecule has 1 saturated heterocycles. The maximum absolute atomic E-state index is 12.1. The maximum Gasteiger partial charge on any atom is 0.338 e. The van der Waals surface area contributed by atoms with Crippen LogP contribution in [0.25, 0.3) is 0 Å². The Morgan fingerprint density at radius 2 is 1.54 bits per heavy atom. The number of amides is 2. The lowest BCUT2D eigenvalue weighted by atomic mass is 10.1. The second kappa shape index (κ2) is 8.31. The molecular formula is C17H22N2O6S. The monoisotopic (exact) mass is 382 g/mol. The minimum absolute atomic E-state index is 0.0251. The Kier molecular flexibility index (Phi) is 6.36. The molecule has 9 heteroatoms. The third-order valence-corrected chi connectivity index (χ3v) is 4.88. The second-order valence-electron chi connectivity index (χ2n) is 6.23. The molecule has 1 aromatic carbocycles. The molecule has 0 unspecified atom stereocenters. The van der Waals surface area contributed by atoms with Gasteiger partial charge in [-0.05, 0) is 17.7 Å². The van der Waals surface area contributed by atoms with Gasteiger partial charge in [-0.1, -0.05) is 12.1 Å². The molecule has 0 bridgehead atoms. The van der Waals surface area contributed by atoms with Crippen LogP contribution in [0.5, 0.6) is 0 Å². The first-order chi connectivity index (χ1) is 12.2. The lowest BCUT2D eigenvalue weighted by Gasteiger charge is -2.34. The Bertz CT molecular complexity index is 780. The summed E-state index contributed by atoms with van der Waals surface area (Å²) in [4.78, 5) is 38.6. The molecule has 0 aliphatic carbocycles. The Labute approximate surface area is 152 Å². The molecule has 1 aromatic rings. The summed E-state index contributed by atoms with van der Waals surface area (Å²) in [6, 6.07) is 6.03. The first-order valence-corrected chi connectivity index (χ1v) is 10.2. The molecule has 1 heterocycles. The van der Waals surface area contributed by atoms with Gasteiger partial charge < -0.3 is 14.5 Å². The highest BCUT2D eigenvalue weighted by Gasteiger charge is 2.23. The number of sulfone groups is 1. The van der Waals surface area contributed by atoms with Gasteiger partial charge in [0, 0.05) is 39.4 Å². The average Bonchev–Trinajstić information content (AvgIpc) is 2.58. The predicted molar refractivity (Wildman–Crippen MR) is 94.1 cm³/mol. The maximum atomic E-state index is 12.1. The highest BCUT2D eigenvalue weighted by Crippen LogP contribution is 2.09. The SMILES string of the molecule is CC(=O)N1CCN(C(=O)COC(=O)c2ccc(CS(C)(=O)=O)cc2)CC1. The van der Waals surface area contributed by atoms with E-state index >= 15 is 0 Å². The van der Waals surface area contributed by atoms with Crippen LogP contribution in [-0.4, -0.2) is 75.0 Å². The third-order valence-electron chi connectivity index (χ3n) is 4.02. The van der Waals surface area contributed by atoms with Crippen molar-refractivity contribution in [2.75, 3.05) is 39.0 Å². The van der Waals surface area contributed by atoms with Crippen molar-refractivity contribution in [1.29, 1.82) is 0 Å². The van der Waals surface area contributed by atoms with Crippen molar-refractivity contribution in [1.82, 2.24) is 9.80 Å². The summed E-state index contributed by atoms with van der Waals surface area (Å²) in [5.74, 6) is -1.09. The van der Waals surface area contributed by atoms with E-state index in [9.17, 15) is 22.8 Å². The van der Waals surface area contributed by atoms with Gasteiger partial charge in [0.1, 0.15) is 0 Å². The van der Waals surface area contributed by atoms with E-state index in [0.717, 1.165) is 6.26 Å². The fourth-order valence-electron chi connectivity index (χ4n) is 2.61. The molecule has 0 aromatic heterocycles. The van der Waals surface area contributed by atoms with E-state index in [1.807, 2.05) is 0 Å². The molecule has 1 aliphatic heterocycles. The lowest BCUT2D eigenvalue weighted by Crippen LogP contribution is -2.51. The number of hydrogen-bond donors (Lipinski definition) is 0. The van der Waals surface area contributed by atoms with Crippen LogP contribution in [-0.2, 0) is 29.9 Å². The van der Waals surface area contributed by atoms with E-state index in [0.29, 0.717) is 31.7 Å². The molecule has 0 saturated carbocycles. The molecule has 2 rings (SSSR count). The zero-order valence-corrected chi connectivity index (χ0v) is 15.6. The molecule has 0 spiro atoms. The molecule has 0 radical (unpaired) electrons. The quantitative estimate of drug-likeness (QED) is 0.669. The van der Waals surface area contributed by atoms with Gasteiger partial charge in [0.2, 0.25) is 5.91 Å². The Morgan fingerprint density at radius 1 is 1.00 bits per heavy atom. The second-order valence-corrected chi connectivity index (χ2v) is 8.37. The number of rotatable bonds is 5. The normalized spacial score (nSPS) is 14.8. The summed E-state index contributed by atoms with van der Waals surface area (Å²) in [6.07, 6.45) is 1.14. The van der Waals surface area contributed by atoms with Crippen molar-refractivity contribution in [3.05, 3.63) is 35.4 Å². The molecule has 1 aliphatic rings. The van der Waals surface area contributed by atoms with E-state index in [1.54, 1.807) is 21.9 Å². The number of esters is 1. The fourth-order valence-corrected chi connectivity index (χ4v) is 3.41. The van der Waals surface area contributed by atoms with Gasteiger partial charge in [0.05, 0.1) is 11.3 Å². The highest BCUT2D eigenvalue weighted by molar-refractivity contribution is 7.89. The number of benzene rings is 1. The molecule has 142 valence electrons. The number of ether oxygens (including phenoxy) is 1. The van der Waals surface area contributed by atoms with Gasteiger partial charge in [-0.2, -0.15) is 0 Å². The van der Waals surface area contributed by atoms with Crippen LogP contribution in [0.4, 0.5) is 0 Å². The lowest BCUT2D eigenvalue weighted by molar-refractivity contribution is -0.140. The topological polar surface area (TPSA) is 101 Å². The molecular weight excluding hydrogens is 360 g/mol. The Morgan fingerprint density at radius 3 is 2.04 bits per heavy atom. The van der Waals surface area contributed by atoms with Crippen LogP contribution in [0.3, 0.4) is 0 Å². The summed E-state index contributed by atoms with van der Waals surface area (Å²) in [5.41, 5.74) is 0.819. The molecule has 2 amide bonds. The first kappa shape index (κ1) is 19.9. The van der Waals surface area contributed by atoms with Gasteiger partial charge >= 0.3 is 5.97 Å². The van der Waals surface area contributed by atoms with Crippen molar-refractivity contribution in [3.63, 3.8) is 0 Å². The van der Waals surface area contributed by atoms with Gasteiger partial charge in [0.25, 0.3) is 5.91 Å². The molecule has 0 N–H and O–H groups in total. The largest absolute Gasteiger partial charge is 0.452 e. The van der Waals surface area contributed by atoms with E-state index in [1.165, 1.54) is 19.1 Å². The van der Waals surface area contributed by atoms with Gasteiger partial charge in [-0.25, -0.2) is 13.2 Å². The van der Waals surface area contributed by atoms with Crippen LogP contribution < -0.4 is 0 Å². The first-order valence-electron chi connectivity index (χ1n) is 8.13. The van der Waals surface area contributed by atoms with Crippen LogP contribution >= 0.6 is 0 Å². The van der Waals surface area contributed by atoms with Crippen LogP contribution in [0.2, 0.25) is 0 Å². The molecule has 1 fully saturated rings. The Hall–Kier alpha value is -2.42. The van der Waals surface area contributed by atoms with Gasteiger partial charge in [-0.15, -0.1) is 0 Å².